The fraction of sp³-hybridized carbons (Fsp3) is 0.308. The Morgan fingerprint density at radius 1 is 1.03 bits per heavy atom. The third-order valence-corrected chi connectivity index (χ3v) is 5.77. The maximum atomic E-state index is 13.0. The smallest absolute Gasteiger partial charge is 0.255 e. The quantitative estimate of drug-likeness (QED) is 0.432. The minimum atomic E-state index is -0.242. The lowest BCUT2D eigenvalue weighted by Gasteiger charge is -2.27. The van der Waals surface area contributed by atoms with Gasteiger partial charge >= 0.3 is 0 Å². The molecule has 1 aromatic heterocycles. The van der Waals surface area contributed by atoms with Crippen LogP contribution in [-0.2, 0) is 13.2 Å². The number of pyridine rings is 1. The van der Waals surface area contributed by atoms with Gasteiger partial charge in [0.25, 0.3) is 5.91 Å². The van der Waals surface area contributed by atoms with Crippen LogP contribution in [0.25, 0.3) is 0 Å². The lowest BCUT2D eigenvalue weighted by Crippen LogP contribution is -2.42. The number of nitrogens with zero attached hydrogens (tertiary/aromatic N) is 2. The van der Waals surface area contributed by atoms with E-state index in [9.17, 15) is 4.79 Å². The first kappa shape index (κ1) is 24.3. The molecular formula is C26H31N5O4. The third-order valence-electron chi connectivity index (χ3n) is 5.77. The molecule has 2 aromatic carbocycles. The van der Waals surface area contributed by atoms with Crippen LogP contribution in [0.2, 0.25) is 0 Å². The van der Waals surface area contributed by atoms with Gasteiger partial charge in [-0.1, -0.05) is 6.07 Å². The molecule has 0 unspecified atom stereocenters. The SMILES string of the molecule is COc1ccc(C(=O)Nc2cc(COc3cccnc3N)cc(CN3CCNCC3)c2)cc1OC. The number of methoxy groups -OCH3 is 2. The van der Waals surface area contributed by atoms with E-state index in [1.165, 1.54) is 0 Å². The van der Waals surface area contributed by atoms with E-state index in [2.05, 4.69) is 26.6 Å². The topological polar surface area (TPSA) is 111 Å². The summed E-state index contributed by atoms with van der Waals surface area (Å²) in [5.41, 5.74) is 9.09. The van der Waals surface area contributed by atoms with Crippen LogP contribution in [0.15, 0.2) is 54.7 Å². The van der Waals surface area contributed by atoms with Gasteiger partial charge in [0.2, 0.25) is 0 Å². The highest BCUT2D eigenvalue weighted by molar-refractivity contribution is 6.04. The number of carbonyl (C=O) groups is 1. The molecular weight excluding hydrogens is 446 g/mol. The third kappa shape index (κ3) is 6.40. The Balaban J connectivity index is 1.55. The van der Waals surface area contributed by atoms with Gasteiger partial charge in [0.05, 0.1) is 14.2 Å². The fourth-order valence-electron chi connectivity index (χ4n) is 4.00. The molecule has 4 N–H and O–H groups in total. The van der Waals surface area contributed by atoms with Crippen LogP contribution in [0.3, 0.4) is 0 Å². The summed E-state index contributed by atoms with van der Waals surface area (Å²) < 4.78 is 16.5. The highest BCUT2D eigenvalue weighted by atomic mass is 16.5. The van der Waals surface area contributed by atoms with Crippen LogP contribution in [0.1, 0.15) is 21.5 Å². The maximum absolute atomic E-state index is 13.0. The molecule has 1 aliphatic rings. The van der Waals surface area contributed by atoms with Gasteiger partial charge in [0.1, 0.15) is 6.61 Å². The zero-order chi connectivity index (χ0) is 24.6. The number of anilines is 2. The Kier molecular flexibility index (Phi) is 8.02. The first-order valence-corrected chi connectivity index (χ1v) is 11.5. The van der Waals surface area contributed by atoms with Crippen LogP contribution in [0, 0.1) is 0 Å². The van der Waals surface area contributed by atoms with Crippen molar-refractivity contribution in [3.8, 4) is 17.2 Å². The second kappa shape index (κ2) is 11.5. The largest absolute Gasteiger partial charge is 0.493 e. The highest BCUT2D eigenvalue weighted by Crippen LogP contribution is 2.28. The summed E-state index contributed by atoms with van der Waals surface area (Å²) in [5, 5.41) is 6.39. The number of amides is 1. The van der Waals surface area contributed by atoms with Crippen molar-refractivity contribution in [2.45, 2.75) is 13.2 Å². The van der Waals surface area contributed by atoms with Gasteiger partial charge < -0.3 is 30.6 Å². The molecule has 4 rings (SSSR count). The molecule has 9 heteroatoms. The number of benzene rings is 2. The lowest BCUT2D eigenvalue weighted by atomic mass is 10.1. The summed E-state index contributed by atoms with van der Waals surface area (Å²) in [6.45, 7) is 4.95. The Hall–Kier alpha value is -3.82. The zero-order valence-corrected chi connectivity index (χ0v) is 20.0. The second-order valence-electron chi connectivity index (χ2n) is 8.26. The summed E-state index contributed by atoms with van der Waals surface area (Å²) in [6.07, 6.45) is 1.62. The Labute approximate surface area is 205 Å². The summed E-state index contributed by atoms with van der Waals surface area (Å²) in [7, 11) is 3.10. The molecule has 9 nitrogen and oxygen atoms in total. The van der Waals surface area contributed by atoms with E-state index >= 15 is 0 Å². The molecule has 184 valence electrons. The summed E-state index contributed by atoms with van der Waals surface area (Å²) in [4.78, 5) is 19.5. The maximum Gasteiger partial charge on any atom is 0.255 e. The van der Waals surface area contributed by atoms with E-state index in [-0.39, 0.29) is 5.91 Å². The molecule has 2 heterocycles. The average Bonchev–Trinajstić information content (AvgIpc) is 2.88. The van der Waals surface area contributed by atoms with Crippen molar-refractivity contribution in [1.82, 2.24) is 15.2 Å². The van der Waals surface area contributed by atoms with Crippen LogP contribution < -0.4 is 30.6 Å². The predicted octanol–water partition coefficient (Wildman–Crippen LogP) is 2.92. The first-order valence-electron chi connectivity index (χ1n) is 11.5. The Bertz CT molecular complexity index is 1160. The van der Waals surface area contributed by atoms with E-state index in [0.29, 0.717) is 40.9 Å². The molecule has 0 aliphatic carbocycles. The molecule has 35 heavy (non-hydrogen) atoms. The summed E-state index contributed by atoms with van der Waals surface area (Å²) in [5.74, 6) is 1.68. The van der Waals surface area contributed by atoms with Crippen molar-refractivity contribution in [3.05, 3.63) is 71.4 Å². The molecule has 1 amide bonds. The normalized spacial score (nSPS) is 13.8. The predicted molar refractivity (Wildman–Crippen MR) is 135 cm³/mol. The number of carbonyl (C=O) groups excluding carboxylic acids is 1. The van der Waals surface area contributed by atoms with Crippen LogP contribution in [0.4, 0.5) is 11.5 Å². The van der Waals surface area contributed by atoms with Crippen molar-refractivity contribution in [3.63, 3.8) is 0 Å². The van der Waals surface area contributed by atoms with E-state index in [4.69, 9.17) is 19.9 Å². The van der Waals surface area contributed by atoms with Gasteiger partial charge in [-0.3, -0.25) is 9.69 Å². The van der Waals surface area contributed by atoms with E-state index in [0.717, 1.165) is 43.9 Å². The van der Waals surface area contributed by atoms with Crippen molar-refractivity contribution in [2.75, 3.05) is 51.4 Å². The molecule has 1 fully saturated rings. The molecule has 0 spiro atoms. The lowest BCUT2D eigenvalue weighted by molar-refractivity contribution is 0.102. The number of ether oxygens (including phenoxy) is 3. The van der Waals surface area contributed by atoms with Crippen LogP contribution >= 0.6 is 0 Å². The van der Waals surface area contributed by atoms with Crippen molar-refractivity contribution < 1.29 is 19.0 Å². The monoisotopic (exact) mass is 477 g/mol. The van der Waals surface area contributed by atoms with Gasteiger partial charge in [-0.2, -0.15) is 0 Å². The number of nitrogen functional groups attached to an aromatic ring is 1. The van der Waals surface area contributed by atoms with Crippen molar-refractivity contribution >= 4 is 17.4 Å². The minimum absolute atomic E-state index is 0.242. The van der Waals surface area contributed by atoms with E-state index in [1.807, 2.05) is 12.1 Å². The zero-order valence-electron chi connectivity index (χ0n) is 20.0. The number of nitrogens with one attached hydrogen (secondary N) is 2. The summed E-state index contributed by atoms with van der Waals surface area (Å²) >= 11 is 0. The van der Waals surface area contributed by atoms with Gasteiger partial charge in [-0.25, -0.2) is 4.98 Å². The molecule has 1 aliphatic heterocycles. The fourth-order valence-corrected chi connectivity index (χ4v) is 4.00. The highest BCUT2D eigenvalue weighted by Gasteiger charge is 2.15. The number of nitrogens with two attached hydrogens (primary N) is 1. The minimum Gasteiger partial charge on any atom is -0.493 e. The van der Waals surface area contributed by atoms with Gasteiger partial charge in [-0.05, 0) is 53.6 Å². The molecule has 0 atom stereocenters. The number of piperazine rings is 1. The standard InChI is InChI=1S/C26H31N5O4/c1-33-22-6-5-20(15-24(22)34-2)26(32)30-21-13-18(16-31-10-8-28-9-11-31)12-19(14-21)17-35-23-4-3-7-29-25(23)27/h3-7,12-15,28H,8-11,16-17H2,1-2H3,(H2,27,29)(H,30,32). The van der Waals surface area contributed by atoms with Crippen LogP contribution in [-0.4, -0.2) is 56.2 Å². The van der Waals surface area contributed by atoms with Crippen molar-refractivity contribution in [2.24, 2.45) is 0 Å². The van der Waals surface area contributed by atoms with Crippen molar-refractivity contribution in [1.29, 1.82) is 0 Å². The first-order chi connectivity index (χ1) is 17.1. The number of rotatable bonds is 9. The van der Waals surface area contributed by atoms with Gasteiger partial charge in [0, 0.05) is 50.2 Å². The van der Waals surface area contributed by atoms with E-state index in [1.54, 1.807) is 50.7 Å². The molecule has 0 radical (unpaired) electrons. The number of hydrogen-bond donors (Lipinski definition) is 3. The molecule has 1 saturated heterocycles. The van der Waals surface area contributed by atoms with Crippen LogP contribution in [0.5, 0.6) is 17.2 Å². The van der Waals surface area contributed by atoms with E-state index < -0.39 is 0 Å². The molecule has 0 saturated carbocycles. The Morgan fingerprint density at radius 3 is 2.54 bits per heavy atom. The number of aromatic nitrogens is 1. The number of hydrogen-bond acceptors (Lipinski definition) is 8. The van der Waals surface area contributed by atoms with Gasteiger partial charge in [-0.15, -0.1) is 0 Å². The summed E-state index contributed by atoms with van der Waals surface area (Å²) in [6, 6.07) is 14.7. The second-order valence-corrected chi connectivity index (χ2v) is 8.26. The average molecular weight is 478 g/mol. The molecule has 3 aromatic rings. The Morgan fingerprint density at radius 2 is 1.80 bits per heavy atom. The molecule has 0 bridgehead atoms. The van der Waals surface area contributed by atoms with Gasteiger partial charge in [0.15, 0.2) is 23.1 Å².